The molecule has 0 radical (unpaired) electrons. The first-order chi connectivity index (χ1) is 11.6. The fraction of sp³-hybridized carbons (Fsp3) is 0.294. The molecule has 7 heteroatoms. The maximum absolute atomic E-state index is 12.0. The molecule has 0 aliphatic rings. The second-order valence-electron chi connectivity index (χ2n) is 5.07. The van der Waals surface area contributed by atoms with Gasteiger partial charge in [0.15, 0.2) is 0 Å². The highest BCUT2D eigenvalue weighted by Crippen LogP contribution is 2.15. The highest BCUT2D eigenvalue weighted by Gasteiger charge is 2.07. The molecule has 7 nitrogen and oxygen atoms in total. The monoisotopic (exact) mass is 332 g/mol. The van der Waals surface area contributed by atoms with Crippen LogP contribution in [0.5, 0.6) is 5.75 Å². The molecule has 0 aliphatic heterocycles. The van der Waals surface area contributed by atoms with Crippen LogP contribution in [0, 0.1) is 0 Å². The summed E-state index contributed by atoms with van der Waals surface area (Å²) in [4.78, 5) is 26.0. The number of aliphatic hydroxyl groups excluding tert-OH is 1. The van der Waals surface area contributed by atoms with Crippen LogP contribution < -0.4 is 16.0 Å². The zero-order valence-electron chi connectivity index (χ0n) is 13.2. The Morgan fingerprint density at radius 2 is 2.17 bits per heavy atom. The minimum absolute atomic E-state index is 0.0361. The summed E-state index contributed by atoms with van der Waals surface area (Å²) >= 11 is 0. The quantitative estimate of drug-likeness (QED) is 0.520. The van der Waals surface area contributed by atoms with Gasteiger partial charge in [0, 0.05) is 18.2 Å². The summed E-state index contributed by atoms with van der Waals surface area (Å²) in [6, 6.07) is 7.36. The maximum Gasteiger partial charge on any atom is 0.330 e. The van der Waals surface area contributed by atoms with Gasteiger partial charge in [0.2, 0.25) is 0 Å². The summed E-state index contributed by atoms with van der Waals surface area (Å²) in [5.74, 6) is 0.684. The lowest BCUT2D eigenvalue weighted by Gasteiger charge is -2.09. The first-order valence-corrected chi connectivity index (χ1v) is 7.48. The van der Waals surface area contributed by atoms with Gasteiger partial charge in [0.1, 0.15) is 19.1 Å². The van der Waals surface area contributed by atoms with Crippen LogP contribution in [-0.2, 0) is 17.9 Å². The van der Waals surface area contributed by atoms with E-state index in [4.69, 9.17) is 14.6 Å². The normalized spacial score (nSPS) is 10.5. The molecular weight excluding hydrogens is 312 g/mol. The van der Waals surface area contributed by atoms with E-state index >= 15 is 0 Å². The largest absolute Gasteiger partial charge is 0.490 e. The van der Waals surface area contributed by atoms with Crippen LogP contribution in [0.1, 0.15) is 11.1 Å². The lowest BCUT2D eigenvalue weighted by atomic mass is 10.1. The molecule has 1 aromatic heterocycles. The molecule has 0 amide bonds. The summed E-state index contributed by atoms with van der Waals surface area (Å²) < 4.78 is 11.8. The molecule has 1 aromatic carbocycles. The van der Waals surface area contributed by atoms with Crippen molar-refractivity contribution >= 4 is 0 Å². The van der Waals surface area contributed by atoms with Crippen molar-refractivity contribution in [3.05, 3.63) is 75.1 Å². The van der Waals surface area contributed by atoms with Gasteiger partial charge in [0.25, 0.3) is 5.56 Å². The fourth-order valence-electron chi connectivity index (χ4n) is 2.12. The van der Waals surface area contributed by atoms with E-state index in [0.29, 0.717) is 24.3 Å². The molecule has 0 atom stereocenters. The number of rotatable bonds is 9. The molecule has 0 saturated carbocycles. The van der Waals surface area contributed by atoms with E-state index in [9.17, 15) is 9.59 Å². The zero-order valence-corrected chi connectivity index (χ0v) is 13.2. The highest BCUT2D eigenvalue weighted by molar-refractivity contribution is 5.31. The number of nitrogens with one attached hydrogen (secondary N) is 1. The van der Waals surface area contributed by atoms with Gasteiger partial charge >= 0.3 is 5.69 Å². The first-order valence-electron chi connectivity index (χ1n) is 7.48. The predicted octanol–water partition coefficient (Wildman–Crippen LogP) is 0.659. The van der Waals surface area contributed by atoms with Crippen molar-refractivity contribution < 1.29 is 14.6 Å². The van der Waals surface area contributed by atoms with E-state index in [2.05, 4.69) is 11.6 Å². The van der Waals surface area contributed by atoms with Gasteiger partial charge in [-0.05, 0) is 17.7 Å². The summed E-state index contributed by atoms with van der Waals surface area (Å²) in [6.45, 7) is 3.94. The van der Waals surface area contributed by atoms with Crippen molar-refractivity contribution in [3.63, 3.8) is 0 Å². The second kappa shape index (κ2) is 8.85. The lowest BCUT2D eigenvalue weighted by molar-refractivity contribution is 0.0455. The van der Waals surface area contributed by atoms with E-state index in [0.717, 1.165) is 5.56 Å². The summed E-state index contributed by atoms with van der Waals surface area (Å²) in [6.07, 6.45) is 3.47. The third kappa shape index (κ3) is 4.94. The average Bonchev–Trinajstić information content (AvgIpc) is 2.57. The molecule has 1 heterocycles. The summed E-state index contributed by atoms with van der Waals surface area (Å²) in [7, 11) is 0. The number of ether oxygens (including phenoxy) is 2. The Morgan fingerprint density at radius 3 is 2.92 bits per heavy atom. The first kappa shape index (κ1) is 17.7. The number of hydrogen-bond donors (Lipinski definition) is 2. The number of aromatic amines is 1. The summed E-state index contributed by atoms with van der Waals surface area (Å²) in [5.41, 5.74) is 0.326. The van der Waals surface area contributed by atoms with E-state index in [1.807, 2.05) is 24.3 Å². The molecule has 0 aliphatic carbocycles. The van der Waals surface area contributed by atoms with Crippen molar-refractivity contribution in [1.29, 1.82) is 0 Å². The van der Waals surface area contributed by atoms with Crippen LogP contribution in [0.2, 0.25) is 0 Å². The van der Waals surface area contributed by atoms with Crippen molar-refractivity contribution in [2.24, 2.45) is 0 Å². The molecule has 0 bridgehead atoms. The molecule has 2 rings (SSSR count). The van der Waals surface area contributed by atoms with Crippen molar-refractivity contribution in [3.8, 4) is 5.75 Å². The number of aromatic nitrogens is 2. The van der Waals surface area contributed by atoms with E-state index < -0.39 is 11.2 Å². The number of benzene rings is 1. The van der Waals surface area contributed by atoms with Crippen LogP contribution in [0.25, 0.3) is 0 Å². The van der Waals surface area contributed by atoms with Crippen LogP contribution in [-0.4, -0.2) is 34.5 Å². The Bertz CT molecular complexity index is 794. The molecule has 2 aromatic rings. The van der Waals surface area contributed by atoms with E-state index in [1.54, 1.807) is 6.08 Å². The molecule has 0 spiro atoms. The lowest BCUT2D eigenvalue weighted by Crippen LogP contribution is -2.32. The molecule has 24 heavy (non-hydrogen) atoms. The van der Waals surface area contributed by atoms with Gasteiger partial charge in [-0.15, -0.1) is 0 Å². The molecular formula is C17H20N2O5. The van der Waals surface area contributed by atoms with E-state index in [1.165, 1.54) is 10.8 Å². The minimum Gasteiger partial charge on any atom is -0.490 e. The molecule has 128 valence electrons. The van der Waals surface area contributed by atoms with Crippen molar-refractivity contribution in [2.45, 2.75) is 13.2 Å². The maximum atomic E-state index is 12.0. The van der Waals surface area contributed by atoms with Crippen LogP contribution in [0.3, 0.4) is 0 Å². The standard InChI is InChI=1S/C17H20N2O5/c1-2-7-24-15-5-3-4-13(10-15)9-14-11-19(12-23-8-6-20)17(22)18-16(14)21/h2-5,10-11,20H,1,6-9,12H2,(H,18,21,22). The number of nitrogens with zero attached hydrogens (tertiary/aromatic N) is 1. The third-order valence-corrected chi connectivity index (χ3v) is 3.21. The Balaban J connectivity index is 2.19. The van der Waals surface area contributed by atoms with Gasteiger partial charge in [-0.3, -0.25) is 14.3 Å². The topological polar surface area (TPSA) is 93.6 Å². The Hall–Kier alpha value is -2.64. The van der Waals surface area contributed by atoms with Gasteiger partial charge in [-0.25, -0.2) is 4.79 Å². The average molecular weight is 332 g/mol. The minimum atomic E-state index is -0.551. The van der Waals surface area contributed by atoms with Gasteiger partial charge in [-0.1, -0.05) is 24.8 Å². The van der Waals surface area contributed by atoms with Gasteiger partial charge in [-0.2, -0.15) is 0 Å². The number of aliphatic hydroxyl groups is 1. The number of hydrogen-bond acceptors (Lipinski definition) is 5. The summed E-state index contributed by atoms with van der Waals surface area (Å²) in [5, 5.41) is 8.71. The highest BCUT2D eigenvalue weighted by atomic mass is 16.5. The van der Waals surface area contributed by atoms with Crippen molar-refractivity contribution in [2.75, 3.05) is 19.8 Å². The van der Waals surface area contributed by atoms with Crippen molar-refractivity contribution in [1.82, 2.24) is 9.55 Å². The SMILES string of the molecule is C=CCOc1cccc(Cc2cn(COCCO)c(=O)[nH]c2=O)c1. The van der Waals surface area contributed by atoms with E-state index in [-0.39, 0.29) is 19.9 Å². The van der Waals surface area contributed by atoms with Crippen LogP contribution in [0.15, 0.2) is 52.7 Å². The van der Waals surface area contributed by atoms with Gasteiger partial charge in [0.05, 0.1) is 13.2 Å². The molecule has 2 N–H and O–H groups in total. The second-order valence-corrected chi connectivity index (χ2v) is 5.07. The predicted molar refractivity (Wildman–Crippen MR) is 89.3 cm³/mol. The zero-order chi connectivity index (χ0) is 17.4. The molecule has 0 saturated heterocycles. The third-order valence-electron chi connectivity index (χ3n) is 3.21. The van der Waals surface area contributed by atoms with Crippen LogP contribution >= 0.6 is 0 Å². The molecule has 0 fully saturated rings. The number of H-pyrrole nitrogens is 1. The Morgan fingerprint density at radius 1 is 1.33 bits per heavy atom. The Kier molecular flexibility index (Phi) is 6.53. The Labute approximate surface area is 138 Å². The smallest absolute Gasteiger partial charge is 0.330 e. The van der Waals surface area contributed by atoms with Crippen LogP contribution in [0.4, 0.5) is 0 Å². The fourth-order valence-corrected chi connectivity index (χ4v) is 2.12. The molecule has 0 unspecified atom stereocenters. The van der Waals surface area contributed by atoms with Gasteiger partial charge < -0.3 is 14.6 Å².